The third kappa shape index (κ3) is 6.72. The Morgan fingerprint density at radius 2 is 1.84 bits per heavy atom. The molecule has 6 nitrogen and oxygen atoms in total. The normalized spacial score (nSPS) is 15.3. The maximum atomic E-state index is 13.7. The van der Waals surface area contributed by atoms with Crippen LogP contribution in [-0.4, -0.2) is 33.5 Å². The molecule has 7 heteroatoms. The van der Waals surface area contributed by atoms with Crippen molar-refractivity contribution in [3.63, 3.8) is 0 Å². The highest BCUT2D eigenvalue weighted by molar-refractivity contribution is 6.31. The number of hydrogen-bond acceptors (Lipinski definition) is 4. The summed E-state index contributed by atoms with van der Waals surface area (Å²) in [5.74, 6) is 0.881. The fraction of sp³-hybridized carbons (Fsp3) is 0.452. The predicted molar refractivity (Wildman–Crippen MR) is 151 cm³/mol. The van der Waals surface area contributed by atoms with Gasteiger partial charge in [-0.05, 0) is 48.3 Å². The molecule has 1 aliphatic rings. The van der Waals surface area contributed by atoms with Crippen LogP contribution in [0.4, 0.5) is 0 Å². The number of aldehydes is 1. The van der Waals surface area contributed by atoms with Crippen molar-refractivity contribution < 1.29 is 14.7 Å². The first-order valence-electron chi connectivity index (χ1n) is 13.8. The van der Waals surface area contributed by atoms with Crippen LogP contribution in [0.2, 0.25) is 5.15 Å². The lowest BCUT2D eigenvalue weighted by Gasteiger charge is -2.27. The maximum absolute atomic E-state index is 13.7. The third-order valence-corrected chi connectivity index (χ3v) is 7.95. The largest absolute Gasteiger partial charge is 0.396 e. The second kappa shape index (κ2) is 13.7. The summed E-state index contributed by atoms with van der Waals surface area (Å²) in [7, 11) is 0. The van der Waals surface area contributed by atoms with Gasteiger partial charge in [0.15, 0.2) is 11.4 Å². The quantitative estimate of drug-likeness (QED) is 0.253. The summed E-state index contributed by atoms with van der Waals surface area (Å²) >= 11 is 6.25. The van der Waals surface area contributed by atoms with Crippen LogP contribution < -0.4 is 5.32 Å². The van der Waals surface area contributed by atoms with Gasteiger partial charge in [0.25, 0.3) is 0 Å². The van der Waals surface area contributed by atoms with Crippen molar-refractivity contribution >= 4 is 23.8 Å². The van der Waals surface area contributed by atoms with Crippen LogP contribution in [0.25, 0.3) is 0 Å². The standard InChI is InChI=1S/C31H38ClN3O3/c1-2-3-13-28-34-30(32)27(21-37)35(28)20-22-14-16-25(17-15-22)29(24-11-7-8-12-24)31(38)33-26(18-19-36)23-9-5-4-6-10-23/h4-6,9-10,14-17,21,24,26,29,36H,2-3,7-8,11-13,18-20H2,1H3,(H,33,38). The Balaban J connectivity index is 1.56. The second-order valence-corrected chi connectivity index (χ2v) is 10.6. The van der Waals surface area contributed by atoms with Crippen LogP contribution in [0.5, 0.6) is 0 Å². The number of aromatic nitrogens is 2. The van der Waals surface area contributed by atoms with Gasteiger partial charge in [0.2, 0.25) is 5.91 Å². The molecule has 3 aromatic rings. The molecule has 2 unspecified atom stereocenters. The van der Waals surface area contributed by atoms with Gasteiger partial charge >= 0.3 is 0 Å². The summed E-state index contributed by atoms with van der Waals surface area (Å²) in [4.78, 5) is 29.9. The highest BCUT2D eigenvalue weighted by Crippen LogP contribution is 2.38. The molecule has 202 valence electrons. The van der Waals surface area contributed by atoms with Gasteiger partial charge < -0.3 is 15.0 Å². The van der Waals surface area contributed by atoms with Gasteiger partial charge in [0.1, 0.15) is 11.5 Å². The molecule has 1 aromatic heterocycles. The number of rotatable bonds is 13. The van der Waals surface area contributed by atoms with Crippen LogP contribution in [0.1, 0.15) is 96.8 Å². The molecule has 1 amide bonds. The van der Waals surface area contributed by atoms with E-state index in [1.807, 2.05) is 59.2 Å². The molecule has 0 bridgehead atoms. The van der Waals surface area contributed by atoms with Crippen molar-refractivity contribution in [2.45, 2.75) is 76.8 Å². The molecular weight excluding hydrogens is 498 g/mol. The van der Waals surface area contributed by atoms with E-state index in [9.17, 15) is 14.7 Å². The molecular formula is C31H38ClN3O3. The van der Waals surface area contributed by atoms with Crippen molar-refractivity contribution in [2.24, 2.45) is 5.92 Å². The number of benzene rings is 2. The third-order valence-electron chi connectivity index (χ3n) is 7.68. The highest BCUT2D eigenvalue weighted by atomic mass is 35.5. The Labute approximate surface area is 230 Å². The molecule has 0 saturated heterocycles. The van der Waals surface area contributed by atoms with E-state index in [0.29, 0.717) is 24.6 Å². The van der Waals surface area contributed by atoms with Gasteiger partial charge in [-0.15, -0.1) is 0 Å². The lowest BCUT2D eigenvalue weighted by atomic mass is 9.83. The number of nitrogens with one attached hydrogen (secondary N) is 1. The van der Waals surface area contributed by atoms with Crippen molar-refractivity contribution in [3.8, 4) is 0 Å². The summed E-state index contributed by atoms with van der Waals surface area (Å²) in [6.45, 7) is 2.63. The Morgan fingerprint density at radius 3 is 2.47 bits per heavy atom. The molecule has 4 rings (SSSR count). The number of imidazole rings is 1. The monoisotopic (exact) mass is 535 g/mol. The van der Waals surface area contributed by atoms with E-state index in [0.717, 1.165) is 73.7 Å². The molecule has 1 heterocycles. The van der Waals surface area contributed by atoms with Crippen LogP contribution in [-0.2, 0) is 17.8 Å². The summed E-state index contributed by atoms with van der Waals surface area (Å²) in [6, 6.07) is 17.8. The maximum Gasteiger partial charge on any atom is 0.228 e. The number of aliphatic hydroxyl groups is 1. The van der Waals surface area contributed by atoms with Crippen molar-refractivity contribution in [3.05, 3.63) is 88.0 Å². The van der Waals surface area contributed by atoms with E-state index < -0.39 is 0 Å². The number of carbonyl (C=O) groups is 2. The minimum atomic E-state index is -0.246. The molecule has 1 saturated carbocycles. The number of carbonyl (C=O) groups excluding carboxylic acids is 2. The van der Waals surface area contributed by atoms with E-state index in [4.69, 9.17) is 11.6 Å². The molecule has 2 atom stereocenters. The lowest BCUT2D eigenvalue weighted by Crippen LogP contribution is -2.36. The van der Waals surface area contributed by atoms with Gasteiger partial charge in [0.05, 0.1) is 12.0 Å². The van der Waals surface area contributed by atoms with Crippen LogP contribution in [0.3, 0.4) is 0 Å². The fourth-order valence-electron chi connectivity index (χ4n) is 5.64. The van der Waals surface area contributed by atoms with Gasteiger partial charge in [-0.2, -0.15) is 0 Å². The topological polar surface area (TPSA) is 84.2 Å². The summed E-state index contributed by atoms with van der Waals surface area (Å²) in [5.41, 5.74) is 3.43. The highest BCUT2D eigenvalue weighted by Gasteiger charge is 2.33. The summed E-state index contributed by atoms with van der Waals surface area (Å²) < 4.78 is 1.90. The van der Waals surface area contributed by atoms with E-state index in [2.05, 4.69) is 17.2 Å². The zero-order valence-corrected chi connectivity index (χ0v) is 22.9. The summed E-state index contributed by atoms with van der Waals surface area (Å²) in [5, 5.41) is 13.1. The average molecular weight is 536 g/mol. The Bertz CT molecular complexity index is 1190. The minimum absolute atomic E-state index is 0.00389. The molecule has 0 spiro atoms. The Morgan fingerprint density at radius 1 is 1.13 bits per heavy atom. The average Bonchev–Trinajstić information content (AvgIpc) is 3.56. The zero-order valence-electron chi connectivity index (χ0n) is 22.1. The van der Waals surface area contributed by atoms with Gasteiger partial charge in [0, 0.05) is 19.6 Å². The van der Waals surface area contributed by atoms with Crippen molar-refractivity contribution in [1.29, 1.82) is 0 Å². The number of aryl methyl sites for hydroxylation is 1. The molecule has 0 radical (unpaired) electrons. The Kier molecular flexibility index (Phi) is 10.1. The lowest BCUT2D eigenvalue weighted by molar-refractivity contribution is -0.124. The van der Waals surface area contributed by atoms with Crippen molar-refractivity contribution in [1.82, 2.24) is 14.9 Å². The molecule has 1 fully saturated rings. The number of unbranched alkanes of at least 4 members (excludes halogenated alkanes) is 1. The van der Waals surface area contributed by atoms with E-state index in [-0.39, 0.29) is 29.6 Å². The molecule has 2 N–H and O–H groups in total. The zero-order chi connectivity index (χ0) is 26.9. The van der Waals surface area contributed by atoms with Crippen LogP contribution in [0, 0.1) is 5.92 Å². The van der Waals surface area contributed by atoms with E-state index in [1.54, 1.807) is 0 Å². The van der Waals surface area contributed by atoms with Crippen LogP contribution >= 0.6 is 11.6 Å². The SMILES string of the molecule is CCCCc1nc(Cl)c(C=O)n1Cc1ccc(C(C(=O)NC(CCO)c2ccccc2)C2CCCC2)cc1. The number of aliphatic hydroxyl groups excluding tert-OH is 1. The van der Waals surface area contributed by atoms with Crippen LogP contribution in [0.15, 0.2) is 54.6 Å². The Hall–Kier alpha value is -2.96. The van der Waals surface area contributed by atoms with E-state index >= 15 is 0 Å². The molecule has 1 aliphatic carbocycles. The smallest absolute Gasteiger partial charge is 0.228 e. The van der Waals surface area contributed by atoms with E-state index in [1.165, 1.54) is 0 Å². The first-order valence-corrected chi connectivity index (χ1v) is 14.2. The van der Waals surface area contributed by atoms with Gasteiger partial charge in [-0.1, -0.05) is 92.4 Å². The summed E-state index contributed by atoms with van der Waals surface area (Å²) in [6.07, 6.45) is 8.37. The van der Waals surface area contributed by atoms with Gasteiger partial charge in [-0.3, -0.25) is 9.59 Å². The molecule has 38 heavy (non-hydrogen) atoms. The number of amides is 1. The number of halogens is 1. The van der Waals surface area contributed by atoms with Crippen molar-refractivity contribution in [2.75, 3.05) is 6.61 Å². The number of nitrogens with zero attached hydrogens (tertiary/aromatic N) is 2. The molecule has 2 aromatic carbocycles. The fourth-order valence-corrected chi connectivity index (χ4v) is 5.88. The molecule has 0 aliphatic heterocycles. The first-order chi connectivity index (χ1) is 18.5. The predicted octanol–water partition coefficient (Wildman–Crippen LogP) is 6.25. The first kappa shape index (κ1) is 28.1. The number of hydrogen-bond donors (Lipinski definition) is 2. The van der Waals surface area contributed by atoms with Gasteiger partial charge in [-0.25, -0.2) is 4.98 Å². The second-order valence-electron chi connectivity index (χ2n) is 10.3. The minimum Gasteiger partial charge on any atom is -0.396 e.